The highest BCUT2D eigenvalue weighted by molar-refractivity contribution is 7.09. The number of rotatable bonds is 9. The van der Waals surface area contributed by atoms with E-state index >= 15 is 0 Å². The smallest absolute Gasteiger partial charge is 0.325 e. The topological polar surface area (TPSA) is 79.0 Å². The molecule has 1 aromatic heterocycles. The van der Waals surface area contributed by atoms with Crippen molar-refractivity contribution >= 4 is 29.2 Å². The number of hydrogen-bond acceptors (Lipinski definition) is 5. The van der Waals surface area contributed by atoms with Gasteiger partial charge < -0.3 is 15.0 Å². The molecule has 0 bridgehead atoms. The zero-order valence-corrected chi connectivity index (χ0v) is 19.8. The molecule has 1 aromatic rings. The first-order chi connectivity index (χ1) is 15.5. The third-order valence-electron chi connectivity index (χ3n) is 7.19. The molecule has 7 nitrogen and oxygen atoms in total. The zero-order valence-electron chi connectivity index (χ0n) is 19.0. The van der Waals surface area contributed by atoms with E-state index in [1.165, 1.54) is 9.78 Å². The summed E-state index contributed by atoms with van der Waals surface area (Å²) in [6.45, 7) is 4.41. The molecule has 3 saturated heterocycles. The summed E-state index contributed by atoms with van der Waals surface area (Å²) in [6, 6.07) is 3.87. The van der Waals surface area contributed by atoms with Crippen molar-refractivity contribution in [2.75, 3.05) is 26.2 Å². The fraction of sp³-hybridized carbons (Fsp3) is 0.708. The lowest BCUT2D eigenvalue weighted by Crippen LogP contribution is -2.56. The van der Waals surface area contributed by atoms with Gasteiger partial charge in [0.05, 0.1) is 12.6 Å². The Morgan fingerprint density at radius 3 is 2.75 bits per heavy atom. The molecule has 1 N–H and O–H groups in total. The standard InChI is InChI=1S/C24H35N3O4S/c1-2-12-24(22(29)27(23(30)25-24)17-19-6-4-15-31-19)18-10-13-26(14-11-18)21(28)9-3-7-20-8-5-16-32-20/h5,8,16,18-19H,2-4,6-7,9-15,17H2,1H3,(H,25,30). The number of imide groups is 1. The van der Waals surface area contributed by atoms with E-state index in [1.807, 2.05) is 11.0 Å². The summed E-state index contributed by atoms with van der Waals surface area (Å²) in [7, 11) is 0. The monoisotopic (exact) mass is 461 g/mol. The first kappa shape index (κ1) is 23.2. The summed E-state index contributed by atoms with van der Waals surface area (Å²) in [5.41, 5.74) is -0.835. The van der Waals surface area contributed by atoms with Gasteiger partial charge in [-0.2, -0.15) is 0 Å². The van der Waals surface area contributed by atoms with Crippen molar-refractivity contribution in [3.63, 3.8) is 0 Å². The molecular weight excluding hydrogens is 426 g/mol. The number of aryl methyl sites for hydroxylation is 1. The van der Waals surface area contributed by atoms with Crippen molar-refractivity contribution in [1.29, 1.82) is 0 Å². The predicted molar refractivity (Wildman–Crippen MR) is 123 cm³/mol. The van der Waals surface area contributed by atoms with Crippen LogP contribution in [0.3, 0.4) is 0 Å². The average Bonchev–Trinajstić information content (AvgIpc) is 3.54. The minimum atomic E-state index is -0.835. The third-order valence-corrected chi connectivity index (χ3v) is 8.13. The summed E-state index contributed by atoms with van der Waals surface area (Å²) < 4.78 is 5.66. The van der Waals surface area contributed by atoms with Crippen LogP contribution in [0.2, 0.25) is 0 Å². The van der Waals surface area contributed by atoms with E-state index in [9.17, 15) is 14.4 Å². The first-order valence-corrected chi connectivity index (χ1v) is 13.0. The molecule has 32 heavy (non-hydrogen) atoms. The number of nitrogens with zero attached hydrogens (tertiary/aromatic N) is 2. The van der Waals surface area contributed by atoms with Gasteiger partial charge in [0.2, 0.25) is 5.91 Å². The second kappa shape index (κ2) is 10.3. The molecular formula is C24H35N3O4S. The molecule has 4 amide bonds. The molecule has 4 rings (SSSR count). The normalized spacial score (nSPS) is 26.7. The second-order valence-electron chi connectivity index (χ2n) is 9.29. The number of piperidine rings is 1. The number of urea groups is 1. The molecule has 2 unspecified atom stereocenters. The molecule has 0 radical (unpaired) electrons. The maximum Gasteiger partial charge on any atom is 0.325 e. The number of ether oxygens (including phenoxy) is 1. The van der Waals surface area contributed by atoms with Crippen molar-refractivity contribution < 1.29 is 19.1 Å². The molecule has 176 valence electrons. The molecule has 3 fully saturated rings. The summed E-state index contributed by atoms with van der Waals surface area (Å²) in [5.74, 6) is 0.162. The predicted octanol–water partition coefficient (Wildman–Crippen LogP) is 3.58. The van der Waals surface area contributed by atoms with Crippen molar-refractivity contribution in [2.24, 2.45) is 5.92 Å². The van der Waals surface area contributed by atoms with Crippen LogP contribution in [0.4, 0.5) is 4.79 Å². The summed E-state index contributed by atoms with van der Waals surface area (Å²) in [4.78, 5) is 43.6. The van der Waals surface area contributed by atoms with Crippen LogP contribution in [0.15, 0.2) is 17.5 Å². The summed E-state index contributed by atoms with van der Waals surface area (Å²) in [6.07, 6.45) is 7.16. The number of carbonyl (C=O) groups is 3. The molecule has 0 aromatic carbocycles. The van der Waals surface area contributed by atoms with E-state index in [1.54, 1.807) is 11.3 Å². The fourth-order valence-electron chi connectivity index (χ4n) is 5.50. The van der Waals surface area contributed by atoms with E-state index in [2.05, 4.69) is 23.7 Å². The Morgan fingerprint density at radius 1 is 1.28 bits per heavy atom. The Balaban J connectivity index is 1.33. The van der Waals surface area contributed by atoms with Crippen LogP contribution in [-0.2, 0) is 20.7 Å². The molecule has 0 aliphatic carbocycles. The lowest BCUT2D eigenvalue weighted by molar-refractivity contribution is -0.137. The van der Waals surface area contributed by atoms with Gasteiger partial charge in [0.25, 0.3) is 5.91 Å². The molecule has 3 aliphatic heterocycles. The van der Waals surface area contributed by atoms with Gasteiger partial charge in [0.15, 0.2) is 0 Å². The molecule has 8 heteroatoms. The Bertz CT molecular complexity index is 800. The van der Waals surface area contributed by atoms with Crippen LogP contribution >= 0.6 is 11.3 Å². The largest absolute Gasteiger partial charge is 0.376 e. The molecule has 4 heterocycles. The Labute approximate surface area is 194 Å². The van der Waals surface area contributed by atoms with Gasteiger partial charge in [-0.05, 0) is 62.3 Å². The fourth-order valence-corrected chi connectivity index (χ4v) is 6.25. The van der Waals surface area contributed by atoms with Gasteiger partial charge in [0.1, 0.15) is 5.54 Å². The Kier molecular flexibility index (Phi) is 7.51. The zero-order chi connectivity index (χ0) is 22.6. The number of nitrogens with one attached hydrogen (secondary N) is 1. The van der Waals surface area contributed by atoms with Gasteiger partial charge in [-0.3, -0.25) is 14.5 Å². The van der Waals surface area contributed by atoms with Gasteiger partial charge in [0, 0.05) is 31.0 Å². The SMILES string of the molecule is CCCC1(C2CCN(C(=O)CCCc3cccs3)CC2)NC(=O)N(CC2CCCO2)C1=O. The minimum absolute atomic E-state index is 0.0456. The molecule has 3 aliphatic rings. The van der Waals surface area contributed by atoms with Crippen molar-refractivity contribution in [1.82, 2.24) is 15.1 Å². The van der Waals surface area contributed by atoms with Gasteiger partial charge in [-0.15, -0.1) is 11.3 Å². The lowest BCUT2D eigenvalue weighted by Gasteiger charge is -2.41. The van der Waals surface area contributed by atoms with E-state index in [0.29, 0.717) is 39.1 Å². The maximum absolute atomic E-state index is 13.5. The summed E-state index contributed by atoms with van der Waals surface area (Å²) >= 11 is 1.74. The molecule has 2 atom stereocenters. The second-order valence-corrected chi connectivity index (χ2v) is 10.3. The lowest BCUT2D eigenvalue weighted by atomic mass is 9.74. The number of carbonyl (C=O) groups excluding carboxylic acids is 3. The van der Waals surface area contributed by atoms with E-state index in [-0.39, 0.29) is 29.9 Å². The van der Waals surface area contributed by atoms with Crippen LogP contribution in [0.25, 0.3) is 0 Å². The highest BCUT2D eigenvalue weighted by Crippen LogP contribution is 2.37. The number of hydrogen-bond donors (Lipinski definition) is 1. The molecule has 0 saturated carbocycles. The third kappa shape index (κ3) is 4.86. The Morgan fingerprint density at radius 2 is 2.09 bits per heavy atom. The van der Waals surface area contributed by atoms with Crippen molar-refractivity contribution in [2.45, 2.75) is 76.4 Å². The summed E-state index contributed by atoms with van der Waals surface area (Å²) in [5, 5.41) is 5.15. The van der Waals surface area contributed by atoms with Gasteiger partial charge >= 0.3 is 6.03 Å². The van der Waals surface area contributed by atoms with Crippen molar-refractivity contribution in [3.05, 3.63) is 22.4 Å². The maximum atomic E-state index is 13.5. The van der Waals surface area contributed by atoms with E-state index < -0.39 is 5.54 Å². The average molecular weight is 462 g/mol. The number of amides is 4. The van der Waals surface area contributed by atoms with Gasteiger partial charge in [-0.25, -0.2) is 4.79 Å². The van der Waals surface area contributed by atoms with Crippen LogP contribution in [0.5, 0.6) is 0 Å². The van der Waals surface area contributed by atoms with Crippen molar-refractivity contribution in [3.8, 4) is 0 Å². The number of likely N-dealkylation sites (tertiary alicyclic amines) is 1. The minimum Gasteiger partial charge on any atom is -0.376 e. The number of thiophene rings is 1. The van der Waals surface area contributed by atoms with Crippen LogP contribution < -0.4 is 5.32 Å². The first-order valence-electron chi connectivity index (χ1n) is 12.1. The van der Waals surface area contributed by atoms with Gasteiger partial charge in [-0.1, -0.05) is 19.4 Å². The highest BCUT2D eigenvalue weighted by atomic mass is 32.1. The van der Waals surface area contributed by atoms with Crippen LogP contribution in [0, 0.1) is 5.92 Å². The highest BCUT2D eigenvalue weighted by Gasteiger charge is 2.55. The van der Waals surface area contributed by atoms with E-state index in [0.717, 1.165) is 44.9 Å². The Hall–Kier alpha value is -1.93. The molecule has 0 spiro atoms. The van der Waals surface area contributed by atoms with Crippen LogP contribution in [0.1, 0.15) is 63.2 Å². The van der Waals surface area contributed by atoms with Crippen LogP contribution in [-0.4, -0.2) is 65.5 Å². The van der Waals surface area contributed by atoms with E-state index in [4.69, 9.17) is 4.74 Å². The quantitative estimate of drug-likeness (QED) is 0.570.